The fourth-order valence-electron chi connectivity index (χ4n) is 3.22. The quantitative estimate of drug-likeness (QED) is 0.553. The first-order valence-electron chi connectivity index (χ1n) is 9.97. The zero-order valence-electron chi connectivity index (χ0n) is 16.9. The summed E-state index contributed by atoms with van der Waals surface area (Å²) >= 11 is 0. The number of benzene rings is 1. The summed E-state index contributed by atoms with van der Waals surface area (Å²) < 4.78 is 5.42. The first-order chi connectivity index (χ1) is 12.6. The molecule has 0 radical (unpaired) electrons. The smallest absolute Gasteiger partial charge is 0.191 e. The summed E-state index contributed by atoms with van der Waals surface area (Å²) in [4.78, 5) is 7.27. The summed E-state index contributed by atoms with van der Waals surface area (Å²) in [7, 11) is 0. The third kappa shape index (κ3) is 7.34. The van der Waals surface area contributed by atoms with Crippen molar-refractivity contribution in [2.75, 3.05) is 52.5 Å². The lowest BCUT2D eigenvalue weighted by Crippen LogP contribution is -2.41. The highest BCUT2D eigenvalue weighted by molar-refractivity contribution is 5.79. The lowest BCUT2D eigenvalue weighted by molar-refractivity contribution is 0.0323. The van der Waals surface area contributed by atoms with Crippen LogP contribution in [0.3, 0.4) is 0 Å². The molecule has 2 unspecified atom stereocenters. The zero-order valence-corrected chi connectivity index (χ0v) is 16.9. The Hall–Kier alpha value is -1.59. The highest BCUT2D eigenvalue weighted by atomic mass is 16.5. The molecule has 1 heterocycles. The summed E-state index contributed by atoms with van der Waals surface area (Å²) in [5.74, 6) is 1.91. The molecule has 146 valence electrons. The van der Waals surface area contributed by atoms with Gasteiger partial charge in [0.05, 0.1) is 13.2 Å². The van der Waals surface area contributed by atoms with Crippen LogP contribution in [0.15, 0.2) is 29.3 Å². The van der Waals surface area contributed by atoms with Crippen molar-refractivity contribution in [1.29, 1.82) is 0 Å². The molecular formula is C21H36N4O. The van der Waals surface area contributed by atoms with E-state index in [1.807, 2.05) is 0 Å². The van der Waals surface area contributed by atoms with Crippen LogP contribution in [0.2, 0.25) is 0 Å². The minimum atomic E-state index is 0.449. The fourth-order valence-corrected chi connectivity index (χ4v) is 3.22. The minimum absolute atomic E-state index is 0.449. The van der Waals surface area contributed by atoms with Crippen molar-refractivity contribution in [3.63, 3.8) is 0 Å². The molecule has 0 aliphatic carbocycles. The summed E-state index contributed by atoms with van der Waals surface area (Å²) in [5, 5.41) is 6.87. The Labute approximate surface area is 159 Å². The Morgan fingerprint density at radius 2 is 2.00 bits per heavy atom. The average Bonchev–Trinajstić information content (AvgIpc) is 2.64. The number of nitrogens with zero attached hydrogens (tertiary/aromatic N) is 2. The molecule has 0 spiro atoms. The Morgan fingerprint density at radius 3 is 2.69 bits per heavy atom. The zero-order chi connectivity index (χ0) is 18.8. The molecule has 2 rings (SSSR count). The molecule has 1 aliphatic heterocycles. The molecule has 5 heteroatoms. The standard InChI is InChI=1S/C21H36N4O/c1-5-22-21(23-14-18(3)16-25-9-11-26-12-10-25)24-15-19(4)20-8-6-7-17(2)13-20/h6-8,13,18-19H,5,9-12,14-16H2,1-4H3,(H2,22,23,24). The lowest BCUT2D eigenvalue weighted by atomic mass is 9.99. The van der Waals surface area contributed by atoms with Gasteiger partial charge in [-0.1, -0.05) is 43.7 Å². The van der Waals surface area contributed by atoms with Gasteiger partial charge in [0, 0.05) is 39.3 Å². The molecule has 0 bridgehead atoms. The van der Waals surface area contributed by atoms with Gasteiger partial charge in [0.25, 0.3) is 0 Å². The van der Waals surface area contributed by atoms with Crippen LogP contribution < -0.4 is 10.6 Å². The molecular weight excluding hydrogens is 324 g/mol. The second-order valence-corrected chi connectivity index (χ2v) is 7.43. The van der Waals surface area contributed by atoms with E-state index in [9.17, 15) is 0 Å². The van der Waals surface area contributed by atoms with Gasteiger partial charge in [-0.15, -0.1) is 0 Å². The summed E-state index contributed by atoms with van der Waals surface area (Å²) in [6.45, 7) is 16.3. The van der Waals surface area contributed by atoms with E-state index in [4.69, 9.17) is 9.73 Å². The number of hydrogen-bond acceptors (Lipinski definition) is 3. The Balaban J connectivity index is 1.81. The van der Waals surface area contributed by atoms with Crippen LogP contribution in [0.25, 0.3) is 0 Å². The van der Waals surface area contributed by atoms with Crippen molar-refractivity contribution in [2.45, 2.75) is 33.6 Å². The predicted molar refractivity (Wildman–Crippen MR) is 110 cm³/mol. The molecule has 0 saturated carbocycles. The number of nitrogens with one attached hydrogen (secondary N) is 2. The third-order valence-electron chi connectivity index (χ3n) is 4.77. The van der Waals surface area contributed by atoms with E-state index in [0.717, 1.165) is 58.4 Å². The molecule has 0 amide bonds. The maximum Gasteiger partial charge on any atom is 0.191 e. The van der Waals surface area contributed by atoms with Crippen molar-refractivity contribution in [2.24, 2.45) is 10.9 Å². The number of ether oxygens (including phenoxy) is 1. The van der Waals surface area contributed by atoms with E-state index in [0.29, 0.717) is 11.8 Å². The number of morpholine rings is 1. The van der Waals surface area contributed by atoms with Crippen LogP contribution >= 0.6 is 0 Å². The number of rotatable bonds is 8. The van der Waals surface area contributed by atoms with Gasteiger partial charge in [0.1, 0.15) is 0 Å². The number of guanidine groups is 1. The van der Waals surface area contributed by atoms with Crippen molar-refractivity contribution in [3.05, 3.63) is 35.4 Å². The van der Waals surface area contributed by atoms with Gasteiger partial charge in [0.2, 0.25) is 0 Å². The van der Waals surface area contributed by atoms with E-state index >= 15 is 0 Å². The largest absolute Gasteiger partial charge is 0.379 e. The highest BCUT2D eigenvalue weighted by Crippen LogP contribution is 2.15. The first kappa shape index (κ1) is 20.7. The lowest BCUT2D eigenvalue weighted by Gasteiger charge is -2.28. The highest BCUT2D eigenvalue weighted by Gasteiger charge is 2.14. The minimum Gasteiger partial charge on any atom is -0.379 e. The van der Waals surface area contributed by atoms with Crippen molar-refractivity contribution in [1.82, 2.24) is 15.5 Å². The van der Waals surface area contributed by atoms with Crippen molar-refractivity contribution < 1.29 is 4.74 Å². The van der Waals surface area contributed by atoms with Crippen molar-refractivity contribution in [3.8, 4) is 0 Å². The SMILES string of the molecule is CCNC(=NCC(C)CN1CCOCC1)NCC(C)c1cccc(C)c1. The van der Waals surface area contributed by atoms with Gasteiger partial charge < -0.3 is 15.4 Å². The maximum atomic E-state index is 5.42. The number of aryl methyl sites for hydroxylation is 1. The second kappa shape index (κ2) is 11.2. The number of aliphatic imine (C=N–C) groups is 1. The van der Waals surface area contributed by atoms with Crippen LogP contribution in [0.5, 0.6) is 0 Å². The molecule has 2 N–H and O–H groups in total. The first-order valence-corrected chi connectivity index (χ1v) is 9.97. The molecule has 1 aromatic rings. The predicted octanol–water partition coefficient (Wildman–Crippen LogP) is 2.62. The topological polar surface area (TPSA) is 48.9 Å². The molecule has 2 atom stereocenters. The van der Waals surface area contributed by atoms with E-state index < -0.39 is 0 Å². The summed E-state index contributed by atoms with van der Waals surface area (Å²) in [5.41, 5.74) is 2.68. The summed E-state index contributed by atoms with van der Waals surface area (Å²) in [6, 6.07) is 8.74. The molecule has 5 nitrogen and oxygen atoms in total. The van der Waals surface area contributed by atoms with Crippen LogP contribution in [-0.2, 0) is 4.74 Å². The van der Waals surface area contributed by atoms with E-state index in [2.05, 4.69) is 67.5 Å². The van der Waals surface area contributed by atoms with Gasteiger partial charge >= 0.3 is 0 Å². The van der Waals surface area contributed by atoms with Gasteiger partial charge in [-0.2, -0.15) is 0 Å². The Morgan fingerprint density at radius 1 is 1.23 bits per heavy atom. The van der Waals surface area contributed by atoms with Crippen LogP contribution in [0, 0.1) is 12.8 Å². The normalized spacial score (nSPS) is 18.4. The fraction of sp³-hybridized carbons (Fsp3) is 0.667. The molecule has 1 aliphatic rings. The van der Waals surface area contributed by atoms with Gasteiger partial charge in [-0.25, -0.2) is 0 Å². The van der Waals surface area contributed by atoms with Crippen molar-refractivity contribution >= 4 is 5.96 Å². The second-order valence-electron chi connectivity index (χ2n) is 7.43. The molecule has 26 heavy (non-hydrogen) atoms. The van der Waals surface area contributed by atoms with E-state index in [1.165, 1.54) is 11.1 Å². The molecule has 1 fully saturated rings. The Bertz CT molecular complexity index is 555. The monoisotopic (exact) mass is 360 g/mol. The third-order valence-corrected chi connectivity index (χ3v) is 4.77. The van der Waals surface area contributed by atoms with E-state index in [-0.39, 0.29) is 0 Å². The van der Waals surface area contributed by atoms with Crippen LogP contribution in [0.4, 0.5) is 0 Å². The van der Waals surface area contributed by atoms with Crippen LogP contribution in [-0.4, -0.2) is 63.3 Å². The molecule has 1 saturated heterocycles. The van der Waals surface area contributed by atoms with E-state index in [1.54, 1.807) is 0 Å². The molecule has 0 aromatic heterocycles. The average molecular weight is 361 g/mol. The van der Waals surface area contributed by atoms with Gasteiger partial charge in [-0.05, 0) is 31.2 Å². The van der Waals surface area contributed by atoms with Gasteiger partial charge in [-0.3, -0.25) is 9.89 Å². The molecule has 1 aromatic carbocycles. The maximum absolute atomic E-state index is 5.42. The van der Waals surface area contributed by atoms with Gasteiger partial charge in [0.15, 0.2) is 5.96 Å². The number of hydrogen-bond donors (Lipinski definition) is 2. The summed E-state index contributed by atoms with van der Waals surface area (Å²) in [6.07, 6.45) is 0. The Kier molecular flexibility index (Phi) is 8.92. The van der Waals surface area contributed by atoms with Crippen LogP contribution in [0.1, 0.15) is 37.8 Å².